The van der Waals surface area contributed by atoms with Crippen molar-refractivity contribution in [1.29, 1.82) is 0 Å². The van der Waals surface area contributed by atoms with Crippen molar-refractivity contribution in [1.82, 2.24) is 9.55 Å². The first-order valence-electron chi connectivity index (χ1n) is 5.93. The number of alkyl halides is 1. The molecule has 1 aliphatic rings. The molecule has 108 valence electrons. The summed E-state index contributed by atoms with van der Waals surface area (Å²) in [5.74, 6) is -2.28. The summed E-state index contributed by atoms with van der Waals surface area (Å²) in [7, 11) is 0. The summed E-state index contributed by atoms with van der Waals surface area (Å²) >= 11 is 11.8. The minimum atomic E-state index is -2.28. The van der Waals surface area contributed by atoms with Gasteiger partial charge in [0, 0.05) is 0 Å². The zero-order valence-electron chi connectivity index (χ0n) is 10.1. The van der Waals surface area contributed by atoms with E-state index in [0.717, 1.165) is 4.57 Å². The molecule has 0 radical (unpaired) electrons. The van der Waals surface area contributed by atoms with E-state index in [0.29, 0.717) is 16.1 Å². The lowest BCUT2D eigenvalue weighted by Gasteiger charge is -2.22. The average Bonchev–Trinajstić information content (AvgIpc) is 2.92. The lowest BCUT2D eigenvalue weighted by atomic mass is 10.2. The van der Waals surface area contributed by atoms with Crippen molar-refractivity contribution >= 4 is 34.2 Å². The zero-order valence-corrected chi connectivity index (χ0v) is 11.6. The van der Waals surface area contributed by atoms with E-state index in [1.807, 2.05) is 0 Å². The van der Waals surface area contributed by atoms with Crippen molar-refractivity contribution in [3.63, 3.8) is 0 Å². The van der Waals surface area contributed by atoms with E-state index in [2.05, 4.69) is 4.98 Å². The third-order valence-corrected chi connectivity index (χ3v) is 4.07. The van der Waals surface area contributed by atoms with Gasteiger partial charge >= 0.3 is 0 Å². The molecule has 2 N–H and O–H groups in total. The number of ether oxygens (including phenoxy) is 1. The molecule has 8 heteroatoms. The smallest absolute Gasteiger partial charge is 0.297 e. The third kappa shape index (κ3) is 2.08. The predicted octanol–water partition coefficient (Wildman–Crippen LogP) is 2.06. The maximum atomic E-state index is 14.9. The maximum absolute atomic E-state index is 14.9. The maximum Gasteiger partial charge on any atom is 0.297 e. The van der Waals surface area contributed by atoms with E-state index in [4.69, 9.17) is 33.0 Å². The number of imidazole rings is 1. The molecule has 0 amide bonds. The number of halogens is 3. The van der Waals surface area contributed by atoms with Gasteiger partial charge in [-0.15, -0.1) is 0 Å². The van der Waals surface area contributed by atoms with Gasteiger partial charge in [-0.2, -0.15) is 4.39 Å². The second-order valence-corrected chi connectivity index (χ2v) is 5.48. The van der Waals surface area contributed by atoms with Gasteiger partial charge in [0.25, 0.3) is 5.98 Å². The van der Waals surface area contributed by atoms with Crippen molar-refractivity contribution in [2.45, 2.75) is 24.6 Å². The van der Waals surface area contributed by atoms with Crippen LogP contribution < -0.4 is 0 Å². The Balaban J connectivity index is 2.09. The zero-order chi connectivity index (χ0) is 14.5. The van der Waals surface area contributed by atoms with Crippen LogP contribution in [0.5, 0.6) is 0 Å². The van der Waals surface area contributed by atoms with E-state index in [1.54, 1.807) is 0 Å². The molecule has 0 spiro atoms. The topological polar surface area (TPSA) is 67.5 Å². The molecule has 1 aromatic carbocycles. The van der Waals surface area contributed by atoms with E-state index in [9.17, 15) is 9.50 Å². The van der Waals surface area contributed by atoms with Crippen LogP contribution in [0.2, 0.25) is 10.0 Å². The molecule has 2 heterocycles. The molecule has 1 aromatic heterocycles. The largest absolute Gasteiger partial charge is 0.394 e. The summed E-state index contributed by atoms with van der Waals surface area (Å²) in [6.07, 6.45) is -1.11. The number of nitrogens with zero attached hydrogens (tertiary/aromatic N) is 2. The molecule has 0 bridgehead atoms. The van der Waals surface area contributed by atoms with Crippen LogP contribution in [0.1, 0.15) is 6.42 Å². The standard InChI is InChI=1S/C12H11Cl2FN2O3/c13-6-1-8-9(2-7(6)14)17(5-16-8)12(15)3-10(19)11(4-18)20-12/h1-2,5,10-11,18-19H,3-4H2/t10-,11+,12+/m0/s1. The molecule has 3 rings (SSSR count). The summed E-state index contributed by atoms with van der Waals surface area (Å²) in [5.41, 5.74) is 0.856. The number of hydrogen-bond donors (Lipinski definition) is 2. The molecular formula is C12H11Cl2FN2O3. The van der Waals surface area contributed by atoms with Crippen molar-refractivity contribution in [2.75, 3.05) is 6.61 Å². The summed E-state index contributed by atoms with van der Waals surface area (Å²) < 4.78 is 21.1. The first-order chi connectivity index (χ1) is 9.44. The first-order valence-corrected chi connectivity index (χ1v) is 6.68. The highest BCUT2D eigenvalue weighted by molar-refractivity contribution is 6.42. The Hall–Kier alpha value is -0.920. The van der Waals surface area contributed by atoms with Crippen LogP contribution in [0.4, 0.5) is 4.39 Å². The number of aliphatic hydroxyl groups excluding tert-OH is 2. The van der Waals surface area contributed by atoms with Crippen LogP contribution in [0.15, 0.2) is 18.5 Å². The highest BCUT2D eigenvalue weighted by atomic mass is 35.5. The third-order valence-electron chi connectivity index (χ3n) is 3.35. The van der Waals surface area contributed by atoms with Gasteiger partial charge in [0.15, 0.2) is 0 Å². The van der Waals surface area contributed by atoms with Crippen molar-refractivity contribution < 1.29 is 19.3 Å². The normalized spacial score (nSPS) is 30.2. The summed E-state index contributed by atoms with van der Waals surface area (Å²) in [4.78, 5) is 4.04. The van der Waals surface area contributed by atoms with Gasteiger partial charge in [0.1, 0.15) is 12.4 Å². The van der Waals surface area contributed by atoms with Crippen LogP contribution in [-0.4, -0.2) is 38.6 Å². The monoisotopic (exact) mass is 320 g/mol. The van der Waals surface area contributed by atoms with Crippen LogP contribution >= 0.6 is 23.2 Å². The van der Waals surface area contributed by atoms with E-state index < -0.39 is 24.8 Å². The van der Waals surface area contributed by atoms with Crippen LogP contribution in [0.3, 0.4) is 0 Å². The van der Waals surface area contributed by atoms with Gasteiger partial charge < -0.3 is 14.9 Å². The van der Waals surface area contributed by atoms with E-state index >= 15 is 0 Å². The summed E-state index contributed by atoms with van der Waals surface area (Å²) in [6.45, 7) is -0.466. The fourth-order valence-electron chi connectivity index (χ4n) is 2.33. The average molecular weight is 321 g/mol. The molecule has 20 heavy (non-hydrogen) atoms. The summed E-state index contributed by atoms with van der Waals surface area (Å²) in [6, 6.07) is 3.00. The van der Waals surface area contributed by atoms with Crippen LogP contribution in [0, 0.1) is 0 Å². The van der Waals surface area contributed by atoms with Gasteiger partial charge in [0.2, 0.25) is 0 Å². The van der Waals surface area contributed by atoms with Gasteiger partial charge in [-0.3, -0.25) is 4.57 Å². The highest BCUT2D eigenvalue weighted by Crippen LogP contribution is 2.39. The molecule has 1 saturated heterocycles. The Morgan fingerprint density at radius 2 is 2.15 bits per heavy atom. The van der Waals surface area contributed by atoms with Crippen LogP contribution in [-0.2, 0) is 10.7 Å². The second kappa shape index (κ2) is 4.82. The Morgan fingerprint density at radius 3 is 2.80 bits per heavy atom. The van der Waals surface area contributed by atoms with Crippen LogP contribution in [0.25, 0.3) is 11.0 Å². The lowest BCUT2D eigenvalue weighted by Crippen LogP contribution is -2.29. The number of rotatable bonds is 2. The van der Waals surface area contributed by atoms with E-state index in [-0.39, 0.29) is 11.4 Å². The van der Waals surface area contributed by atoms with Gasteiger partial charge in [-0.1, -0.05) is 23.2 Å². The lowest BCUT2D eigenvalue weighted by molar-refractivity contribution is -0.200. The Bertz CT molecular complexity index is 665. The number of aromatic nitrogens is 2. The van der Waals surface area contributed by atoms with Crippen molar-refractivity contribution in [2.24, 2.45) is 0 Å². The molecule has 1 fully saturated rings. The Kier molecular flexibility index (Phi) is 3.38. The molecule has 1 aliphatic heterocycles. The molecule has 0 aliphatic carbocycles. The highest BCUT2D eigenvalue weighted by Gasteiger charge is 2.48. The molecular weight excluding hydrogens is 310 g/mol. The van der Waals surface area contributed by atoms with Crippen molar-refractivity contribution in [3.8, 4) is 0 Å². The minimum absolute atomic E-state index is 0.266. The molecule has 5 nitrogen and oxygen atoms in total. The predicted molar refractivity (Wildman–Crippen MR) is 71.4 cm³/mol. The van der Waals surface area contributed by atoms with Gasteiger partial charge in [0.05, 0.1) is 40.2 Å². The number of hydrogen-bond acceptors (Lipinski definition) is 4. The first kappa shape index (κ1) is 14.0. The fraction of sp³-hybridized carbons (Fsp3) is 0.417. The summed E-state index contributed by atoms with van der Waals surface area (Å²) in [5, 5.41) is 19.3. The second-order valence-electron chi connectivity index (χ2n) is 4.67. The van der Waals surface area contributed by atoms with Gasteiger partial charge in [-0.05, 0) is 12.1 Å². The SMILES string of the molecule is OC[C@H]1O[C@](F)(n2cnc3cc(Cl)c(Cl)cc32)C[C@@H]1O. The molecule has 2 aromatic rings. The molecule has 0 unspecified atom stereocenters. The number of fused-ring (bicyclic) bond motifs is 1. The minimum Gasteiger partial charge on any atom is -0.394 e. The van der Waals surface area contributed by atoms with Crippen molar-refractivity contribution in [3.05, 3.63) is 28.5 Å². The Morgan fingerprint density at radius 1 is 1.45 bits per heavy atom. The van der Waals surface area contributed by atoms with Gasteiger partial charge in [-0.25, -0.2) is 4.98 Å². The Labute approximate surface area is 123 Å². The fourth-order valence-corrected chi connectivity index (χ4v) is 2.65. The van der Waals surface area contributed by atoms with E-state index in [1.165, 1.54) is 18.5 Å². The number of aliphatic hydroxyl groups is 2. The number of benzene rings is 1. The molecule has 0 saturated carbocycles. The molecule has 3 atom stereocenters. The quantitative estimate of drug-likeness (QED) is 0.888.